The molecule has 2 fully saturated rings. The number of nitrogens with zero attached hydrogens (tertiary/aromatic N) is 1. The van der Waals surface area contributed by atoms with Crippen LogP contribution in [0.4, 0.5) is 5.13 Å². The fraction of sp³-hybridized carbons (Fsp3) is 0.643. The first-order valence-corrected chi connectivity index (χ1v) is 8.36. The quantitative estimate of drug-likeness (QED) is 0.845. The summed E-state index contributed by atoms with van der Waals surface area (Å²) in [5, 5.41) is 7.91. The average molecular weight is 325 g/mol. The molecule has 0 aromatic carbocycles. The Balaban J connectivity index is 1.46. The smallest absolute Gasteiger partial charge is 0.255 e. The number of rotatable bonds is 5. The topological polar surface area (TPSA) is 89.6 Å². The number of nitrogens with one attached hydrogen (secondary N) is 2. The molecular formula is C14H19N3O4S. The lowest BCUT2D eigenvalue weighted by atomic mass is 10.2. The molecule has 0 aliphatic carbocycles. The molecule has 1 aromatic rings. The SMILES string of the molecule is O=C(NCc1csc(NC(=O)[C@@H]2CCCO2)n1)[C@@H]1CCCO1. The highest BCUT2D eigenvalue weighted by atomic mass is 32.1. The summed E-state index contributed by atoms with van der Waals surface area (Å²) in [5.74, 6) is -0.253. The summed E-state index contributed by atoms with van der Waals surface area (Å²) in [7, 11) is 0. The first-order chi connectivity index (χ1) is 10.7. The molecule has 1 aromatic heterocycles. The third kappa shape index (κ3) is 3.82. The van der Waals surface area contributed by atoms with E-state index in [2.05, 4.69) is 15.6 Å². The highest BCUT2D eigenvalue weighted by Crippen LogP contribution is 2.19. The predicted octanol–water partition coefficient (Wildman–Crippen LogP) is 1.06. The Kier molecular flexibility index (Phi) is 5.01. The van der Waals surface area contributed by atoms with Crippen molar-refractivity contribution >= 4 is 28.3 Å². The number of thiazole rings is 1. The molecule has 2 aliphatic heterocycles. The van der Waals surface area contributed by atoms with Gasteiger partial charge in [0.1, 0.15) is 12.2 Å². The van der Waals surface area contributed by atoms with Gasteiger partial charge in [-0.15, -0.1) is 11.3 Å². The van der Waals surface area contributed by atoms with Gasteiger partial charge >= 0.3 is 0 Å². The van der Waals surface area contributed by atoms with Crippen molar-refractivity contribution in [1.82, 2.24) is 10.3 Å². The van der Waals surface area contributed by atoms with Crippen LogP contribution in [0, 0.1) is 0 Å². The van der Waals surface area contributed by atoms with Gasteiger partial charge in [-0.1, -0.05) is 0 Å². The van der Waals surface area contributed by atoms with Gasteiger partial charge in [0.2, 0.25) is 5.91 Å². The minimum Gasteiger partial charge on any atom is -0.368 e. The maximum absolute atomic E-state index is 11.9. The van der Waals surface area contributed by atoms with Crippen molar-refractivity contribution in [2.75, 3.05) is 18.5 Å². The number of hydrogen-bond acceptors (Lipinski definition) is 6. The number of aromatic nitrogens is 1. The first kappa shape index (κ1) is 15.4. The van der Waals surface area contributed by atoms with Crippen molar-refractivity contribution in [2.24, 2.45) is 0 Å². The van der Waals surface area contributed by atoms with Crippen molar-refractivity contribution < 1.29 is 19.1 Å². The minimum absolute atomic E-state index is 0.101. The van der Waals surface area contributed by atoms with Gasteiger partial charge < -0.3 is 14.8 Å². The second-order valence-electron chi connectivity index (χ2n) is 5.35. The molecule has 0 bridgehead atoms. The van der Waals surface area contributed by atoms with Gasteiger partial charge in [0.25, 0.3) is 5.91 Å². The average Bonchev–Trinajstić information content (AvgIpc) is 3.25. The largest absolute Gasteiger partial charge is 0.368 e. The van der Waals surface area contributed by atoms with E-state index in [1.165, 1.54) is 11.3 Å². The van der Waals surface area contributed by atoms with Crippen molar-refractivity contribution in [2.45, 2.75) is 44.4 Å². The maximum Gasteiger partial charge on any atom is 0.255 e. The van der Waals surface area contributed by atoms with Crippen molar-refractivity contribution in [3.8, 4) is 0 Å². The minimum atomic E-state index is -0.369. The van der Waals surface area contributed by atoms with Gasteiger partial charge in [0.05, 0.1) is 12.2 Å². The van der Waals surface area contributed by atoms with Crippen LogP contribution >= 0.6 is 11.3 Å². The summed E-state index contributed by atoms with van der Waals surface area (Å²) in [5.41, 5.74) is 0.721. The van der Waals surface area contributed by atoms with Crippen LogP contribution in [0.1, 0.15) is 31.4 Å². The van der Waals surface area contributed by atoms with E-state index < -0.39 is 0 Å². The molecule has 2 amide bonds. The molecule has 8 heteroatoms. The molecule has 0 spiro atoms. The van der Waals surface area contributed by atoms with Gasteiger partial charge in [-0.2, -0.15) is 0 Å². The van der Waals surface area contributed by atoms with E-state index in [4.69, 9.17) is 9.47 Å². The molecule has 2 aliphatic rings. The fourth-order valence-corrected chi connectivity index (χ4v) is 3.21. The van der Waals surface area contributed by atoms with Crippen molar-refractivity contribution in [3.05, 3.63) is 11.1 Å². The predicted molar refractivity (Wildman–Crippen MR) is 80.5 cm³/mol. The number of ether oxygens (including phenoxy) is 2. The molecule has 22 heavy (non-hydrogen) atoms. The fourth-order valence-electron chi connectivity index (χ4n) is 2.49. The molecule has 0 unspecified atom stereocenters. The highest BCUT2D eigenvalue weighted by molar-refractivity contribution is 7.13. The third-order valence-corrected chi connectivity index (χ3v) is 4.48. The lowest BCUT2D eigenvalue weighted by Crippen LogP contribution is -2.33. The molecule has 3 rings (SSSR count). The van der Waals surface area contributed by atoms with Gasteiger partial charge in [0.15, 0.2) is 5.13 Å². The van der Waals surface area contributed by atoms with E-state index in [-0.39, 0.29) is 24.0 Å². The zero-order valence-corrected chi connectivity index (χ0v) is 13.0. The Morgan fingerprint density at radius 2 is 1.86 bits per heavy atom. The number of carbonyl (C=O) groups is 2. The normalized spacial score (nSPS) is 24.4. The highest BCUT2D eigenvalue weighted by Gasteiger charge is 2.25. The molecule has 0 radical (unpaired) electrons. The van der Waals surface area contributed by atoms with Crippen LogP contribution in [0.2, 0.25) is 0 Å². The van der Waals surface area contributed by atoms with E-state index in [0.29, 0.717) is 24.9 Å². The van der Waals surface area contributed by atoms with Crippen LogP contribution in [-0.4, -0.2) is 42.2 Å². The molecule has 7 nitrogen and oxygen atoms in total. The lowest BCUT2D eigenvalue weighted by Gasteiger charge is -2.09. The van der Waals surface area contributed by atoms with E-state index in [1.54, 1.807) is 0 Å². The van der Waals surface area contributed by atoms with Gasteiger partial charge in [-0.05, 0) is 25.7 Å². The summed E-state index contributed by atoms with van der Waals surface area (Å²) in [6, 6.07) is 0. The number of hydrogen-bond donors (Lipinski definition) is 2. The summed E-state index contributed by atoms with van der Waals surface area (Å²) in [4.78, 5) is 28.0. The van der Waals surface area contributed by atoms with Crippen molar-refractivity contribution in [3.63, 3.8) is 0 Å². The van der Waals surface area contributed by atoms with Gasteiger partial charge in [-0.25, -0.2) is 4.98 Å². The summed E-state index contributed by atoms with van der Waals surface area (Å²) in [6.45, 7) is 1.62. The molecule has 3 heterocycles. The number of carbonyl (C=O) groups excluding carboxylic acids is 2. The molecular weight excluding hydrogens is 306 g/mol. The summed E-state index contributed by atoms with van der Waals surface area (Å²) in [6.07, 6.45) is 2.65. The summed E-state index contributed by atoms with van der Waals surface area (Å²) < 4.78 is 10.6. The Labute approximate surface area is 132 Å². The lowest BCUT2D eigenvalue weighted by molar-refractivity contribution is -0.130. The maximum atomic E-state index is 11.9. The van der Waals surface area contributed by atoms with E-state index in [0.717, 1.165) is 31.4 Å². The van der Waals surface area contributed by atoms with Crippen LogP contribution in [0.15, 0.2) is 5.38 Å². The van der Waals surface area contributed by atoms with E-state index >= 15 is 0 Å². The molecule has 2 atom stereocenters. The second-order valence-corrected chi connectivity index (χ2v) is 6.21. The van der Waals surface area contributed by atoms with Gasteiger partial charge in [0, 0.05) is 18.6 Å². The Morgan fingerprint density at radius 1 is 1.18 bits per heavy atom. The van der Waals surface area contributed by atoms with Crippen LogP contribution in [0.25, 0.3) is 0 Å². The number of amides is 2. The molecule has 120 valence electrons. The van der Waals surface area contributed by atoms with Crippen molar-refractivity contribution in [1.29, 1.82) is 0 Å². The van der Waals surface area contributed by atoms with Crippen LogP contribution in [0.3, 0.4) is 0 Å². The van der Waals surface area contributed by atoms with Crippen LogP contribution in [-0.2, 0) is 25.6 Å². The second kappa shape index (κ2) is 7.17. The third-order valence-electron chi connectivity index (χ3n) is 3.67. The monoisotopic (exact) mass is 325 g/mol. The molecule has 0 saturated carbocycles. The Bertz CT molecular complexity index is 536. The van der Waals surface area contributed by atoms with E-state index in [9.17, 15) is 9.59 Å². The molecule has 2 N–H and O–H groups in total. The molecule has 2 saturated heterocycles. The van der Waals surface area contributed by atoms with Crippen LogP contribution in [0.5, 0.6) is 0 Å². The van der Waals surface area contributed by atoms with Gasteiger partial charge in [-0.3, -0.25) is 14.9 Å². The Morgan fingerprint density at radius 3 is 2.50 bits per heavy atom. The van der Waals surface area contributed by atoms with E-state index in [1.807, 2.05) is 5.38 Å². The standard InChI is InChI=1S/C14H19N3O4S/c18-12(10-3-1-5-20-10)15-7-9-8-22-14(16-9)17-13(19)11-4-2-6-21-11/h8,10-11H,1-7H2,(H,15,18)(H,16,17,19)/t10-,11-/m0/s1. The Hall–Kier alpha value is -1.51. The zero-order chi connectivity index (χ0) is 15.4. The van der Waals surface area contributed by atoms with Crippen LogP contribution < -0.4 is 10.6 Å². The first-order valence-electron chi connectivity index (χ1n) is 7.48. The summed E-state index contributed by atoms with van der Waals surface area (Å²) >= 11 is 1.34. The zero-order valence-electron chi connectivity index (χ0n) is 12.2. The number of anilines is 1.